The summed E-state index contributed by atoms with van der Waals surface area (Å²) in [5, 5.41) is 11.4. The van der Waals surface area contributed by atoms with Crippen LogP contribution in [-0.4, -0.2) is 17.0 Å². The van der Waals surface area contributed by atoms with Crippen LogP contribution >= 0.6 is 0 Å². The zero-order valence-corrected chi connectivity index (χ0v) is 12.2. The SMILES string of the molecule is CC(Cc1ccc(C(=O)NO)cc1)C(=O)Nc1ccccc1. The average molecular weight is 298 g/mol. The van der Waals surface area contributed by atoms with Gasteiger partial charge in [-0.3, -0.25) is 14.8 Å². The molecule has 0 aromatic heterocycles. The summed E-state index contributed by atoms with van der Waals surface area (Å²) in [4.78, 5) is 23.4. The summed E-state index contributed by atoms with van der Waals surface area (Å²) in [6.07, 6.45) is 0.569. The van der Waals surface area contributed by atoms with Gasteiger partial charge in [0.05, 0.1) is 0 Å². The van der Waals surface area contributed by atoms with Crippen LogP contribution in [0.15, 0.2) is 54.6 Å². The highest BCUT2D eigenvalue weighted by atomic mass is 16.5. The van der Waals surface area contributed by atoms with Gasteiger partial charge in [0.15, 0.2) is 0 Å². The van der Waals surface area contributed by atoms with E-state index in [4.69, 9.17) is 5.21 Å². The number of benzene rings is 2. The molecule has 114 valence electrons. The van der Waals surface area contributed by atoms with Crippen LogP contribution in [0, 0.1) is 5.92 Å². The van der Waals surface area contributed by atoms with Crippen molar-refractivity contribution in [3.63, 3.8) is 0 Å². The third kappa shape index (κ3) is 4.17. The second-order valence-electron chi connectivity index (χ2n) is 5.10. The lowest BCUT2D eigenvalue weighted by Crippen LogP contribution is -2.22. The molecule has 2 aromatic carbocycles. The van der Waals surface area contributed by atoms with E-state index in [0.717, 1.165) is 11.3 Å². The van der Waals surface area contributed by atoms with Crippen molar-refractivity contribution < 1.29 is 14.8 Å². The molecule has 5 heteroatoms. The largest absolute Gasteiger partial charge is 0.326 e. The van der Waals surface area contributed by atoms with Gasteiger partial charge in [-0.25, -0.2) is 5.48 Å². The quantitative estimate of drug-likeness (QED) is 0.586. The van der Waals surface area contributed by atoms with Crippen molar-refractivity contribution in [2.24, 2.45) is 5.92 Å². The van der Waals surface area contributed by atoms with Crippen LogP contribution in [0.1, 0.15) is 22.8 Å². The highest BCUT2D eigenvalue weighted by Gasteiger charge is 2.14. The van der Waals surface area contributed by atoms with E-state index in [9.17, 15) is 9.59 Å². The van der Waals surface area contributed by atoms with Gasteiger partial charge in [-0.1, -0.05) is 37.3 Å². The van der Waals surface area contributed by atoms with Gasteiger partial charge in [0.1, 0.15) is 0 Å². The number of hydroxylamine groups is 1. The summed E-state index contributed by atoms with van der Waals surface area (Å²) in [5.74, 6) is -0.803. The minimum atomic E-state index is -0.554. The maximum atomic E-state index is 12.1. The van der Waals surface area contributed by atoms with Crippen molar-refractivity contribution in [2.75, 3.05) is 5.32 Å². The number of amides is 2. The molecule has 0 spiro atoms. The van der Waals surface area contributed by atoms with Crippen molar-refractivity contribution in [1.82, 2.24) is 5.48 Å². The Labute approximate surface area is 128 Å². The molecule has 22 heavy (non-hydrogen) atoms. The van der Waals surface area contributed by atoms with Gasteiger partial charge in [-0.05, 0) is 36.2 Å². The Morgan fingerprint density at radius 1 is 1.05 bits per heavy atom. The van der Waals surface area contributed by atoms with E-state index in [1.54, 1.807) is 29.7 Å². The van der Waals surface area contributed by atoms with Crippen LogP contribution in [-0.2, 0) is 11.2 Å². The lowest BCUT2D eigenvalue weighted by Gasteiger charge is -2.12. The molecule has 0 saturated heterocycles. The van der Waals surface area contributed by atoms with E-state index >= 15 is 0 Å². The van der Waals surface area contributed by atoms with Crippen LogP contribution in [0.25, 0.3) is 0 Å². The Morgan fingerprint density at radius 2 is 1.68 bits per heavy atom. The normalized spacial score (nSPS) is 11.5. The number of hydrogen-bond acceptors (Lipinski definition) is 3. The van der Waals surface area contributed by atoms with Crippen LogP contribution < -0.4 is 10.8 Å². The van der Waals surface area contributed by atoms with Gasteiger partial charge < -0.3 is 5.32 Å². The first kappa shape index (κ1) is 15.7. The predicted molar refractivity (Wildman–Crippen MR) is 83.6 cm³/mol. The topological polar surface area (TPSA) is 78.4 Å². The molecule has 5 nitrogen and oxygen atoms in total. The second-order valence-corrected chi connectivity index (χ2v) is 5.10. The van der Waals surface area contributed by atoms with Crippen LogP contribution in [0.2, 0.25) is 0 Å². The van der Waals surface area contributed by atoms with Crippen molar-refractivity contribution in [1.29, 1.82) is 0 Å². The van der Waals surface area contributed by atoms with Crippen LogP contribution in [0.3, 0.4) is 0 Å². The van der Waals surface area contributed by atoms with Crippen molar-refractivity contribution in [3.8, 4) is 0 Å². The number of nitrogens with one attached hydrogen (secondary N) is 2. The molecule has 2 aromatic rings. The number of anilines is 1. The predicted octanol–water partition coefficient (Wildman–Crippen LogP) is 2.62. The molecular formula is C17H18N2O3. The van der Waals surface area contributed by atoms with E-state index in [0.29, 0.717) is 12.0 Å². The molecule has 1 atom stereocenters. The van der Waals surface area contributed by atoms with E-state index in [1.165, 1.54) is 0 Å². The third-order valence-electron chi connectivity index (χ3n) is 3.35. The van der Waals surface area contributed by atoms with Gasteiger partial charge in [-0.15, -0.1) is 0 Å². The first-order valence-corrected chi connectivity index (χ1v) is 6.99. The summed E-state index contributed by atoms with van der Waals surface area (Å²) in [6.45, 7) is 1.85. The summed E-state index contributed by atoms with van der Waals surface area (Å²) in [7, 11) is 0. The molecule has 0 aliphatic heterocycles. The summed E-state index contributed by atoms with van der Waals surface area (Å²) in [5.41, 5.74) is 3.67. The minimum absolute atomic E-state index is 0.0524. The molecular weight excluding hydrogens is 280 g/mol. The van der Waals surface area contributed by atoms with Crippen molar-refractivity contribution >= 4 is 17.5 Å². The summed E-state index contributed by atoms with van der Waals surface area (Å²) < 4.78 is 0. The summed E-state index contributed by atoms with van der Waals surface area (Å²) >= 11 is 0. The Balaban J connectivity index is 1.95. The molecule has 0 aliphatic rings. The molecule has 1 unspecified atom stereocenters. The smallest absolute Gasteiger partial charge is 0.274 e. The van der Waals surface area contributed by atoms with Gasteiger partial charge in [0.2, 0.25) is 5.91 Å². The maximum Gasteiger partial charge on any atom is 0.274 e. The molecule has 0 fully saturated rings. The standard InChI is InChI=1S/C17H18N2O3/c1-12(16(20)18-15-5-3-2-4-6-15)11-13-7-9-14(10-8-13)17(21)19-22/h2-10,12,22H,11H2,1H3,(H,18,20)(H,19,21). The first-order chi connectivity index (χ1) is 10.6. The molecule has 2 amide bonds. The Kier molecular flexibility index (Phi) is 5.27. The molecule has 0 radical (unpaired) electrons. The number of carbonyl (C=O) groups excluding carboxylic acids is 2. The van der Waals surface area contributed by atoms with Gasteiger partial charge in [-0.2, -0.15) is 0 Å². The summed E-state index contributed by atoms with van der Waals surface area (Å²) in [6, 6.07) is 16.1. The molecule has 0 aliphatic carbocycles. The molecule has 0 bridgehead atoms. The van der Waals surface area contributed by atoms with Crippen LogP contribution in [0.4, 0.5) is 5.69 Å². The Bertz CT molecular complexity index is 639. The van der Waals surface area contributed by atoms with Crippen LogP contribution in [0.5, 0.6) is 0 Å². The number of hydrogen-bond donors (Lipinski definition) is 3. The van der Waals surface area contributed by atoms with E-state index in [-0.39, 0.29) is 11.8 Å². The number of para-hydroxylation sites is 1. The van der Waals surface area contributed by atoms with E-state index < -0.39 is 5.91 Å². The van der Waals surface area contributed by atoms with Crippen molar-refractivity contribution in [3.05, 3.63) is 65.7 Å². The third-order valence-corrected chi connectivity index (χ3v) is 3.35. The van der Waals surface area contributed by atoms with Gasteiger partial charge in [0, 0.05) is 17.2 Å². The highest BCUT2D eigenvalue weighted by molar-refractivity contribution is 5.93. The number of carbonyl (C=O) groups is 2. The van der Waals surface area contributed by atoms with E-state index in [1.807, 2.05) is 37.3 Å². The lowest BCUT2D eigenvalue weighted by atomic mass is 9.99. The molecule has 3 N–H and O–H groups in total. The Morgan fingerprint density at radius 3 is 2.27 bits per heavy atom. The van der Waals surface area contributed by atoms with Gasteiger partial charge >= 0.3 is 0 Å². The maximum absolute atomic E-state index is 12.1. The fourth-order valence-corrected chi connectivity index (χ4v) is 2.09. The van der Waals surface area contributed by atoms with Gasteiger partial charge in [0.25, 0.3) is 5.91 Å². The minimum Gasteiger partial charge on any atom is -0.326 e. The molecule has 0 heterocycles. The second kappa shape index (κ2) is 7.38. The van der Waals surface area contributed by atoms with Crippen molar-refractivity contribution in [2.45, 2.75) is 13.3 Å². The fourth-order valence-electron chi connectivity index (χ4n) is 2.09. The molecule has 2 rings (SSSR count). The lowest BCUT2D eigenvalue weighted by molar-refractivity contribution is -0.119. The monoisotopic (exact) mass is 298 g/mol. The average Bonchev–Trinajstić information content (AvgIpc) is 2.55. The fraction of sp³-hybridized carbons (Fsp3) is 0.176. The zero-order valence-electron chi connectivity index (χ0n) is 12.2. The van der Waals surface area contributed by atoms with E-state index in [2.05, 4.69) is 5.32 Å². The highest BCUT2D eigenvalue weighted by Crippen LogP contribution is 2.13. The first-order valence-electron chi connectivity index (χ1n) is 6.99. The Hall–Kier alpha value is -2.66. The molecule has 0 saturated carbocycles. The number of rotatable bonds is 5. The zero-order chi connectivity index (χ0) is 15.9.